The number of aliphatic hydroxyl groups is 1. The summed E-state index contributed by atoms with van der Waals surface area (Å²) in [4.78, 5) is 11.9. The van der Waals surface area contributed by atoms with Crippen molar-refractivity contribution in [3.8, 4) is 0 Å². The van der Waals surface area contributed by atoms with Crippen LogP contribution in [0.5, 0.6) is 0 Å². The highest BCUT2D eigenvalue weighted by molar-refractivity contribution is 7.99. The maximum absolute atomic E-state index is 13.5. The standard InChI is InChI=1S/C16H23FN2O2S/c1-2-22-12-8-7-11(9-12)19-16(21)18-10-15(20)13-5-3-4-6-14(13)17/h3-6,11-12,15,20H,2,7-10H2,1H3,(H2,18,19,21)/t11-,12+,15-/m0/s1. The highest BCUT2D eigenvalue weighted by Crippen LogP contribution is 2.29. The Morgan fingerprint density at radius 1 is 1.45 bits per heavy atom. The zero-order chi connectivity index (χ0) is 15.9. The highest BCUT2D eigenvalue weighted by atomic mass is 32.2. The van der Waals surface area contributed by atoms with E-state index in [-0.39, 0.29) is 24.2 Å². The molecule has 1 aliphatic rings. The molecule has 1 aromatic carbocycles. The van der Waals surface area contributed by atoms with E-state index in [1.54, 1.807) is 12.1 Å². The monoisotopic (exact) mass is 326 g/mol. The molecule has 22 heavy (non-hydrogen) atoms. The van der Waals surface area contributed by atoms with Gasteiger partial charge in [-0.15, -0.1) is 0 Å². The molecule has 1 aliphatic carbocycles. The smallest absolute Gasteiger partial charge is 0.315 e. The number of aliphatic hydroxyl groups excluding tert-OH is 1. The molecule has 0 unspecified atom stereocenters. The second-order valence-electron chi connectivity index (χ2n) is 5.48. The molecular formula is C16H23FN2O2S. The van der Waals surface area contributed by atoms with E-state index in [0.29, 0.717) is 5.25 Å². The SMILES string of the molecule is CCS[C@@H]1CC[C@H](NC(=O)NC[C@H](O)c2ccccc2F)C1. The van der Waals surface area contributed by atoms with Crippen molar-refractivity contribution in [2.45, 2.75) is 43.6 Å². The first-order chi connectivity index (χ1) is 10.6. The molecule has 3 atom stereocenters. The molecule has 6 heteroatoms. The van der Waals surface area contributed by atoms with Crippen molar-refractivity contribution in [1.29, 1.82) is 0 Å². The quantitative estimate of drug-likeness (QED) is 0.753. The topological polar surface area (TPSA) is 61.4 Å². The van der Waals surface area contributed by atoms with Gasteiger partial charge in [-0.05, 0) is 31.1 Å². The van der Waals surface area contributed by atoms with Crippen LogP contribution in [-0.4, -0.2) is 34.7 Å². The van der Waals surface area contributed by atoms with Gasteiger partial charge in [0.25, 0.3) is 0 Å². The Morgan fingerprint density at radius 3 is 2.95 bits per heavy atom. The van der Waals surface area contributed by atoms with E-state index in [9.17, 15) is 14.3 Å². The van der Waals surface area contributed by atoms with Crippen LogP contribution in [0.3, 0.4) is 0 Å². The first kappa shape index (κ1) is 17.1. The average Bonchev–Trinajstić information content (AvgIpc) is 2.93. The van der Waals surface area contributed by atoms with Gasteiger partial charge in [0.15, 0.2) is 0 Å². The molecule has 0 saturated heterocycles. The number of carbonyl (C=O) groups excluding carboxylic acids is 1. The van der Waals surface area contributed by atoms with Crippen molar-refractivity contribution in [2.75, 3.05) is 12.3 Å². The van der Waals surface area contributed by atoms with Crippen molar-refractivity contribution < 1.29 is 14.3 Å². The van der Waals surface area contributed by atoms with Crippen LogP contribution in [0.2, 0.25) is 0 Å². The molecule has 0 radical (unpaired) electrons. The van der Waals surface area contributed by atoms with Gasteiger partial charge in [0.05, 0.1) is 6.10 Å². The van der Waals surface area contributed by atoms with E-state index < -0.39 is 11.9 Å². The van der Waals surface area contributed by atoms with E-state index in [2.05, 4.69) is 17.6 Å². The number of nitrogens with one attached hydrogen (secondary N) is 2. The number of hydrogen-bond acceptors (Lipinski definition) is 3. The van der Waals surface area contributed by atoms with Crippen LogP contribution in [0.15, 0.2) is 24.3 Å². The lowest BCUT2D eigenvalue weighted by atomic mass is 10.1. The summed E-state index contributed by atoms with van der Waals surface area (Å²) in [7, 11) is 0. The number of amides is 2. The largest absolute Gasteiger partial charge is 0.386 e. The normalized spacial score (nSPS) is 22.3. The number of carbonyl (C=O) groups is 1. The molecule has 4 nitrogen and oxygen atoms in total. The molecule has 3 N–H and O–H groups in total. The zero-order valence-electron chi connectivity index (χ0n) is 12.7. The van der Waals surface area contributed by atoms with Gasteiger partial charge in [0.2, 0.25) is 0 Å². The summed E-state index contributed by atoms with van der Waals surface area (Å²) in [6.45, 7) is 2.13. The van der Waals surface area contributed by atoms with Crippen molar-refractivity contribution in [3.05, 3.63) is 35.6 Å². The number of benzene rings is 1. The fourth-order valence-corrected chi connectivity index (χ4v) is 3.88. The number of urea groups is 1. The van der Waals surface area contributed by atoms with Gasteiger partial charge in [-0.25, -0.2) is 9.18 Å². The lowest BCUT2D eigenvalue weighted by Crippen LogP contribution is -2.42. The fourth-order valence-electron chi connectivity index (χ4n) is 2.74. The van der Waals surface area contributed by atoms with E-state index in [4.69, 9.17) is 0 Å². The lowest BCUT2D eigenvalue weighted by molar-refractivity contribution is 0.168. The third-order valence-corrected chi connectivity index (χ3v) is 5.08. The van der Waals surface area contributed by atoms with E-state index in [1.807, 2.05) is 11.8 Å². The molecule has 0 bridgehead atoms. The van der Waals surface area contributed by atoms with Gasteiger partial charge >= 0.3 is 6.03 Å². The molecule has 1 aromatic rings. The van der Waals surface area contributed by atoms with E-state index in [1.165, 1.54) is 12.1 Å². The van der Waals surface area contributed by atoms with Gasteiger partial charge < -0.3 is 15.7 Å². The van der Waals surface area contributed by atoms with Crippen molar-refractivity contribution in [3.63, 3.8) is 0 Å². The summed E-state index contributed by atoms with van der Waals surface area (Å²) in [6.07, 6.45) is 2.06. The first-order valence-electron chi connectivity index (χ1n) is 7.68. The summed E-state index contributed by atoms with van der Waals surface area (Å²) in [6, 6.07) is 5.92. The van der Waals surface area contributed by atoms with Crippen molar-refractivity contribution in [1.82, 2.24) is 10.6 Å². The number of rotatable bonds is 6. The average molecular weight is 326 g/mol. The van der Waals surface area contributed by atoms with Gasteiger partial charge in [0.1, 0.15) is 5.82 Å². The third kappa shape index (κ3) is 4.88. The summed E-state index contributed by atoms with van der Waals surface area (Å²) in [5, 5.41) is 16.1. The highest BCUT2D eigenvalue weighted by Gasteiger charge is 2.25. The summed E-state index contributed by atoms with van der Waals surface area (Å²) in [5.41, 5.74) is 0.197. The number of halogens is 1. The Labute approximate surface area is 134 Å². The lowest BCUT2D eigenvalue weighted by Gasteiger charge is -2.16. The minimum Gasteiger partial charge on any atom is -0.386 e. The number of thioether (sulfide) groups is 1. The molecule has 1 fully saturated rings. The summed E-state index contributed by atoms with van der Waals surface area (Å²) in [5.74, 6) is 0.630. The molecule has 2 amide bonds. The Balaban J connectivity index is 1.73. The predicted octanol–water partition coefficient (Wildman–Crippen LogP) is 2.83. The Hall–Kier alpha value is -1.27. The van der Waals surface area contributed by atoms with Crippen LogP contribution in [0.25, 0.3) is 0 Å². The molecule has 1 saturated carbocycles. The second kappa shape index (κ2) is 8.39. The fraction of sp³-hybridized carbons (Fsp3) is 0.562. The van der Waals surface area contributed by atoms with Crippen LogP contribution < -0.4 is 10.6 Å². The molecule has 0 aliphatic heterocycles. The van der Waals surface area contributed by atoms with E-state index in [0.717, 1.165) is 25.0 Å². The molecule has 122 valence electrons. The summed E-state index contributed by atoms with van der Waals surface area (Å²) >= 11 is 1.93. The minimum atomic E-state index is -1.04. The third-order valence-electron chi connectivity index (χ3n) is 3.84. The Bertz CT molecular complexity index is 501. The Morgan fingerprint density at radius 2 is 2.23 bits per heavy atom. The zero-order valence-corrected chi connectivity index (χ0v) is 13.5. The second-order valence-corrected chi connectivity index (χ2v) is 7.06. The first-order valence-corrected chi connectivity index (χ1v) is 8.73. The molecular weight excluding hydrogens is 303 g/mol. The van der Waals surface area contributed by atoms with E-state index >= 15 is 0 Å². The van der Waals surface area contributed by atoms with Crippen molar-refractivity contribution >= 4 is 17.8 Å². The van der Waals surface area contributed by atoms with Crippen LogP contribution >= 0.6 is 11.8 Å². The van der Waals surface area contributed by atoms with Gasteiger partial charge in [0, 0.05) is 23.4 Å². The predicted molar refractivity (Wildman–Crippen MR) is 87.5 cm³/mol. The minimum absolute atomic E-state index is 0.00732. The molecule has 0 aromatic heterocycles. The van der Waals surface area contributed by atoms with Gasteiger partial charge in [-0.1, -0.05) is 25.1 Å². The molecule has 0 heterocycles. The maximum Gasteiger partial charge on any atom is 0.315 e. The molecule has 0 spiro atoms. The van der Waals surface area contributed by atoms with Crippen molar-refractivity contribution in [2.24, 2.45) is 0 Å². The number of hydrogen-bond donors (Lipinski definition) is 3. The van der Waals surface area contributed by atoms with Crippen LogP contribution in [0, 0.1) is 5.82 Å². The summed E-state index contributed by atoms with van der Waals surface area (Å²) < 4.78 is 13.5. The molecule has 2 rings (SSSR count). The Kier molecular flexibility index (Phi) is 6.51. The van der Waals surface area contributed by atoms with Gasteiger partial charge in [-0.2, -0.15) is 11.8 Å². The van der Waals surface area contributed by atoms with Gasteiger partial charge in [-0.3, -0.25) is 0 Å². The maximum atomic E-state index is 13.5. The van der Waals surface area contributed by atoms with Crippen LogP contribution in [0.4, 0.5) is 9.18 Å². The van der Waals surface area contributed by atoms with Crippen LogP contribution in [0.1, 0.15) is 37.9 Å². The van der Waals surface area contributed by atoms with Crippen LogP contribution in [-0.2, 0) is 0 Å².